The number of hydrogen-bond donors (Lipinski definition) is 1. The van der Waals surface area contributed by atoms with E-state index in [9.17, 15) is 14.5 Å². The van der Waals surface area contributed by atoms with Gasteiger partial charge in [-0.3, -0.25) is 10.1 Å². The molecule has 6 heteroatoms. The lowest BCUT2D eigenvalue weighted by Crippen LogP contribution is -2.64. The molecule has 3 rings (SSSR count). The Morgan fingerprint density at radius 1 is 1.52 bits per heavy atom. The van der Waals surface area contributed by atoms with E-state index in [2.05, 4.69) is 5.32 Å². The van der Waals surface area contributed by atoms with Gasteiger partial charge in [-0.2, -0.15) is 4.39 Å². The zero-order chi connectivity index (χ0) is 15.0. The zero-order valence-corrected chi connectivity index (χ0v) is 12.0. The standard InChI is InChI=1S/C15H19FN2O3/c1-2-21-14-9-13(15(14)6-3-7-15)17-10-4-5-12(18(19)20)11(16)8-10/h4-5,8,13-14,17H,2-3,6-7,9H2,1H3. The maximum absolute atomic E-state index is 13.7. The van der Waals surface area contributed by atoms with E-state index < -0.39 is 16.4 Å². The molecule has 0 radical (unpaired) electrons. The third kappa shape index (κ3) is 2.27. The van der Waals surface area contributed by atoms with E-state index in [0.717, 1.165) is 19.3 Å². The molecule has 1 spiro atoms. The van der Waals surface area contributed by atoms with E-state index in [-0.39, 0.29) is 17.6 Å². The van der Waals surface area contributed by atoms with Crippen molar-refractivity contribution < 1.29 is 14.1 Å². The van der Waals surface area contributed by atoms with Crippen LogP contribution in [-0.4, -0.2) is 23.7 Å². The Labute approximate surface area is 122 Å². The van der Waals surface area contributed by atoms with Gasteiger partial charge in [-0.05, 0) is 32.3 Å². The summed E-state index contributed by atoms with van der Waals surface area (Å²) in [5.74, 6) is -0.798. The van der Waals surface area contributed by atoms with Crippen LogP contribution < -0.4 is 5.32 Å². The molecule has 0 aromatic heterocycles. The molecule has 1 N–H and O–H groups in total. The van der Waals surface area contributed by atoms with Crippen molar-refractivity contribution in [3.05, 3.63) is 34.1 Å². The first kappa shape index (κ1) is 14.3. The number of ether oxygens (including phenoxy) is 1. The average Bonchev–Trinajstić information content (AvgIpc) is 2.35. The molecule has 21 heavy (non-hydrogen) atoms. The molecule has 1 aromatic rings. The highest BCUT2D eigenvalue weighted by Gasteiger charge is 2.58. The maximum Gasteiger partial charge on any atom is 0.304 e. The van der Waals surface area contributed by atoms with Crippen LogP contribution in [-0.2, 0) is 4.74 Å². The van der Waals surface area contributed by atoms with Crippen molar-refractivity contribution in [2.24, 2.45) is 5.41 Å². The van der Waals surface area contributed by atoms with Crippen LogP contribution in [0.1, 0.15) is 32.6 Å². The normalized spacial score (nSPS) is 26.0. The van der Waals surface area contributed by atoms with Crippen molar-refractivity contribution in [3.8, 4) is 0 Å². The van der Waals surface area contributed by atoms with Crippen LogP contribution in [0, 0.1) is 21.3 Å². The summed E-state index contributed by atoms with van der Waals surface area (Å²) in [5, 5.41) is 13.9. The summed E-state index contributed by atoms with van der Waals surface area (Å²) in [6, 6.07) is 4.26. The SMILES string of the molecule is CCOC1CC(Nc2ccc([N+](=O)[O-])c(F)c2)C12CCC2. The Balaban J connectivity index is 1.70. The van der Waals surface area contributed by atoms with Crippen molar-refractivity contribution in [1.82, 2.24) is 0 Å². The Kier molecular flexibility index (Phi) is 3.57. The monoisotopic (exact) mass is 294 g/mol. The number of nitrogens with one attached hydrogen (secondary N) is 1. The maximum atomic E-state index is 13.7. The molecular weight excluding hydrogens is 275 g/mol. The molecule has 2 atom stereocenters. The number of halogens is 1. The quantitative estimate of drug-likeness (QED) is 0.667. The molecule has 5 nitrogen and oxygen atoms in total. The first-order chi connectivity index (χ1) is 10.1. The minimum atomic E-state index is -0.798. The molecule has 1 aromatic carbocycles. The number of nitro benzene ring substituents is 1. The van der Waals surface area contributed by atoms with E-state index in [1.807, 2.05) is 6.92 Å². The van der Waals surface area contributed by atoms with Gasteiger partial charge in [-0.15, -0.1) is 0 Å². The largest absolute Gasteiger partial charge is 0.381 e. The van der Waals surface area contributed by atoms with Crippen LogP contribution in [0.2, 0.25) is 0 Å². The third-order valence-corrected chi connectivity index (χ3v) is 4.92. The Morgan fingerprint density at radius 2 is 2.29 bits per heavy atom. The topological polar surface area (TPSA) is 64.4 Å². The number of hydrogen-bond acceptors (Lipinski definition) is 4. The number of nitrogens with zero attached hydrogens (tertiary/aromatic N) is 1. The minimum absolute atomic E-state index is 0.175. The summed E-state index contributed by atoms with van der Waals surface area (Å²) >= 11 is 0. The van der Waals surface area contributed by atoms with Crippen LogP contribution in [0.4, 0.5) is 15.8 Å². The van der Waals surface area contributed by atoms with Gasteiger partial charge in [0.1, 0.15) is 0 Å². The van der Waals surface area contributed by atoms with E-state index in [1.165, 1.54) is 18.6 Å². The van der Waals surface area contributed by atoms with Crippen LogP contribution in [0.3, 0.4) is 0 Å². The van der Waals surface area contributed by atoms with Gasteiger partial charge in [-0.25, -0.2) is 0 Å². The molecule has 0 heterocycles. The zero-order valence-electron chi connectivity index (χ0n) is 12.0. The van der Waals surface area contributed by atoms with Crippen LogP contribution in [0.25, 0.3) is 0 Å². The van der Waals surface area contributed by atoms with E-state index in [1.54, 1.807) is 6.07 Å². The highest BCUT2D eigenvalue weighted by molar-refractivity contribution is 5.51. The predicted octanol–water partition coefficient (Wildman–Crippen LogP) is 3.49. The van der Waals surface area contributed by atoms with Gasteiger partial charge in [0.05, 0.1) is 11.0 Å². The van der Waals surface area contributed by atoms with Gasteiger partial charge in [0, 0.05) is 35.9 Å². The van der Waals surface area contributed by atoms with Crippen molar-refractivity contribution in [2.45, 2.75) is 44.8 Å². The Hall–Kier alpha value is -1.69. The molecule has 2 saturated carbocycles. The van der Waals surface area contributed by atoms with E-state index in [0.29, 0.717) is 12.3 Å². The fourth-order valence-electron chi connectivity index (χ4n) is 3.59. The number of anilines is 1. The summed E-state index contributed by atoms with van der Waals surface area (Å²) in [7, 11) is 0. The number of benzene rings is 1. The van der Waals surface area contributed by atoms with E-state index in [4.69, 9.17) is 4.74 Å². The van der Waals surface area contributed by atoms with Crippen LogP contribution in [0.5, 0.6) is 0 Å². The first-order valence-corrected chi connectivity index (χ1v) is 7.39. The second-order valence-electron chi connectivity index (χ2n) is 5.89. The van der Waals surface area contributed by atoms with Gasteiger partial charge in [-0.1, -0.05) is 6.42 Å². The molecule has 2 unspecified atom stereocenters. The van der Waals surface area contributed by atoms with Crippen molar-refractivity contribution in [2.75, 3.05) is 11.9 Å². The molecule has 0 saturated heterocycles. The summed E-state index contributed by atoms with van der Waals surface area (Å²) < 4.78 is 19.4. The molecule has 2 fully saturated rings. The number of rotatable bonds is 5. The molecule has 114 valence electrons. The van der Waals surface area contributed by atoms with Crippen molar-refractivity contribution in [3.63, 3.8) is 0 Å². The average molecular weight is 294 g/mol. The van der Waals surface area contributed by atoms with Crippen molar-refractivity contribution >= 4 is 11.4 Å². The summed E-state index contributed by atoms with van der Waals surface area (Å²) in [5.41, 5.74) is 0.290. The van der Waals surface area contributed by atoms with Crippen LogP contribution >= 0.6 is 0 Å². The van der Waals surface area contributed by atoms with Gasteiger partial charge in [0.2, 0.25) is 5.82 Å². The summed E-state index contributed by atoms with van der Waals surface area (Å²) in [6.45, 7) is 2.71. The van der Waals surface area contributed by atoms with Gasteiger partial charge < -0.3 is 10.1 Å². The lowest BCUT2D eigenvalue weighted by Gasteiger charge is -2.61. The van der Waals surface area contributed by atoms with Crippen molar-refractivity contribution in [1.29, 1.82) is 0 Å². The lowest BCUT2D eigenvalue weighted by molar-refractivity contribution is -0.387. The molecule has 0 aliphatic heterocycles. The van der Waals surface area contributed by atoms with Gasteiger partial charge in [0.25, 0.3) is 0 Å². The summed E-state index contributed by atoms with van der Waals surface area (Å²) in [6.07, 6.45) is 4.66. The lowest BCUT2D eigenvalue weighted by atomic mass is 9.51. The third-order valence-electron chi connectivity index (χ3n) is 4.92. The molecule has 0 bridgehead atoms. The summed E-state index contributed by atoms with van der Waals surface area (Å²) in [4.78, 5) is 9.92. The molecular formula is C15H19FN2O3. The first-order valence-electron chi connectivity index (χ1n) is 7.39. The number of nitro groups is 1. The molecule has 2 aliphatic rings. The van der Waals surface area contributed by atoms with Crippen LogP contribution in [0.15, 0.2) is 18.2 Å². The van der Waals surface area contributed by atoms with Gasteiger partial charge in [0.15, 0.2) is 0 Å². The molecule has 0 amide bonds. The highest BCUT2D eigenvalue weighted by atomic mass is 19.1. The highest BCUT2D eigenvalue weighted by Crippen LogP contribution is 2.58. The second kappa shape index (κ2) is 5.26. The second-order valence-corrected chi connectivity index (χ2v) is 5.89. The Morgan fingerprint density at radius 3 is 2.81 bits per heavy atom. The molecule has 2 aliphatic carbocycles. The fraction of sp³-hybridized carbons (Fsp3) is 0.600. The minimum Gasteiger partial charge on any atom is -0.381 e. The Bertz CT molecular complexity index is 560. The van der Waals surface area contributed by atoms with Gasteiger partial charge >= 0.3 is 5.69 Å². The fourth-order valence-corrected chi connectivity index (χ4v) is 3.59. The predicted molar refractivity (Wildman–Crippen MR) is 76.8 cm³/mol. The smallest absolute Gasteiger partial charge is 0.304 e. The van der Waals surface area contributed by atoms with E-state index >= 15 is 0 Å².